The molecule has 0 aliphatic heterocycles. The number of nitrogens with two attached hydrogens (primary N) is 1. The van der Waals surface area contributed by atoms with Gasteiger partial charge >= 0.3 is 5.97 Å². The van der Waals surface area contributed by atoms with E-state index >= 15 is 0 Å². The van der Waals surface area contributed by atoms with Crippen LogP contribution in [0.5, 0.6) is 0 Å². The Kier molecular flexibility index (Phi) is 3.43. The lowest BCUT2D eigenvalue weighted by Gasteiger charge is -2.09. The van der Waals surface area contributed by atoms with Crippen LogP contribution in [0.3, 0.4) is 0 Å². The predicted octanol–water partition coefficient (Wildman–Crippen LogP) is 0.898. The Morgan fingerprint density at radius 3 is 3.00 bits per heavy atom. The number of hydrogen-bond acceptors (Lipinski definition) is 6. The number of carbonyl (C=O) groups is 1. The summed E-state index contributed by atoms with van der Waals surface area (Å²) in [5, 5.41) is 12.6. The molecule has 7 heteroatoms. The second-order valence-corrected chi connectivity index (χ2v) is 3.62. The third-order valence-electron chi connectivity index (χ3n) is 2.35. The van der Waals surface area contributed by atoms with Crippen LogP contribution in [0.4, 0.5) is 5.69 Å². The van der Waals surface area contributed by atoms with Crippen molar-refractivity contribution in [3.05, 3.63) is 35.9 Å². The summed E-state index contributed by atoms with van der Waals surface area (Å²) in [6, 6.07) is 6.57. The van der Waals surface area contributed by atoms with E-state index in [0.717, 1.165) is 0 Å². The number of benzene rings is 1. The Labute approximate surface area is 109 Å². The summed E-state index contributed by atoms with van der Waals surface area (Å²) in [4.78, 5) is 15.7. The van der Waals surface area contributed by atoms with E-state index in [1.807, 2.05) is 6.07 Å². The highest BCUT2D eigenvalue weighted by Crippen LogP contribution is 2.18. The zero-order valence-electron chi connectivity index (χ0n) is 10.2. The maximum absolute atomic E-state index is 11.9. The molecule has 19 heavy (non-hydrogen) atoms. The number of anilines is 1. The highest BCUT2D eigenvalue weighted by Gasteiger charge is 2.15. The van der Waals surface area contributed by atoms with Crippen LogP contribution >= 0.6 is 0 Å². The Balaban J connectivity index is 2.50. The van der Waals surface area contributed by atoms with Crippen molar-refractivity contribution >= 4 is 11.7 Å². The van der Waals surface area contributed by atoms with Crippen molar-refractivity contribution in [1.82, 2.24) is 14.8 Å². The first-order valence-electron chi connectivity index (χ1n) is 5.54. The van der Waals surface area contributed by atoms with Crippen molar-refractivity contribution in [2.24, 2.45) is 0 Å². The smallest absolute Gasteiger partial charge is 0.340 e. The van der Waals surface area contributed by atoms with Gasteiger partial charge < -0.3 is 10.5 Å². The quantitative estimate of drug-likeness (QED) is 0.646. The molecule has 0 spiro atoms. The maximum Gasteiger partial charge on any atom is 0.340 e. The number of carbonyl (C=O) groups excluding carboxylic acids is 1. The van der Waals surface area contributed by atoms with Crippen LogP contribution in [0.15, 0.2) is 24.5 Å². The number of hydrogen-bond donors (Lipinski definition) is 1. The number of ether oxygens (including phenoxy) is 1. The lowest BCUT2D eigenvalue weighted by atomic mass is 10.1. The molecule has 0 amide bonds. The first kappa shape index (κ1) is 12.6. The third kappa shape index (κ3) is 2.52. The molecule has 0 radical (unpaired) electrons. The molecule has 96 valence electrons. The first-order valence-corrected chi connectivity index (χ1v) is 5.54. The van der Waals surface area contributed by atoms with Crippen LogP contribution in [0.25, 0.3) is 5.69 Å². The largest absolute Gasteiger partial charge is 0.462 e. The summed E-state index contributed by atoms with van der Waals surface area (Å²) < 4.78 is 6.29. The van der Waals surface area contributed by atoms with Gasteiger partial charge in [0.15, 0.2) is 0 Å². The molecule has 7 nitrogen and oxygen atoms in total. The fourth-order valence-corrected chi connectivity index (χ4v) is 1.56. The Morgan fingerprint density at radius 1 is 1.58 bits per heavy atom. The van der Waals surface area contributed by atoms with Crippen LogP contribution in [0, 0.1) is 11.3 Å². The lowest BCUT2D eigenvalue weighted by Crippen LogP contribution is -2.11. The van der Waals surface area contributed by atoms with Gasteiger partial charge in [-0.15, -0.1) is 5.10 Å². The minimum absolute atomic E-state index is 0.0200. The van der Waals surface area contributed by atoms with Crippen LogP contribution < -0.4 is 5.73 Å². The molecule has 0 aliphatic rings. The molecule has 0 saturated carbocycles. The van der Waals surface area contributed by atoms with Crippen molar-refractivity contribution in [2.45, 2.75) is 6.92 Å². The number of rotatable bonds is 3. The maximum atomic E-state index is 11.9. The summed E-state index contributed by atoms with van der Waals surface area (Å²) in [7, 11) is 0. The van der Waals surface area contributed by atoms with Crippen LogP contribution in [0.2, 0.25) is 0 Å². The highest BCUT2D eigenvalue weighted by atomic mass is 16.5. The summed E-state index contributed by atoms with van der Waals surface area (Å²) in [6.45, 7) is 1.97. The number of nitriles is 1. The van der Waals surface area contributed by atoms with Crippen molar-refractivity contribution in [1.29, 1.82) is 5.26 Å². The van der Waals surface area contributed by atoms with E-state index in [1.54, 1.807) is 19.1 Å². The number of aromatic nitrogens is 3. The average molecular weight is 257 g/mol. The second kappa shape index (κ2) is 5.18. The van der Waals surface area contributed by atoms with E-state index in [1.165, 1.54) is 17.1 Å². The van der Waals surface area contributed by atoms with E-state index in [2.05, 4.69) is 10.1 Å². The minimum Gasteiger partial charge on any atom is -0.462 e. The van der Waals surface area contributed by atoms with Gasteiger partial charge in [0.1, 0.15) is 12.4 Å². The fourth-order valence-electron chi connectivity index (χ4n) is 1.56. The standard InChI is InChI=1S/C12H11N5O2/c1-2-19-12(18)9-5-8(14)3-4-10(9)17-7-15-11(6-13)16-17/h3-5,7H,2,14H2,1H3. The monoisotopic (exact) mass is 257 g/mol. The zero-order chi connectivity index (χ0) is 13.8. The summed E-state index contributed by atoms with van der Waals surface area (Å²) in [5.74, 6) is -0.481. The summed E-state index contributed by atoms with van der Waals surface area (Å²) in [6.07, 6.45) is 1.35. The molecule has 0 bridgehead atoms. The zero-order valence-corrected chi connectivity index (χ0v) is 10.2. The summed E-state index contributed by atoms with van der Waals surface area (Å²) in [5.41, 5.74) is 6.84. The van der Waals surface area contributed by atoms with Crippen molar-refractivity contribution < 1.29 is 9.53 Å². The molecule has 0 atom stereocenters. The van der Waals surface area contributed by atoms with Gasteiger partial charge in [-0.05, 0) is 25.1 Å². The normalized spacial score (nSPS) is 9.89. The van der Waals surface area contributed by atoms with Crippen LogP contribution in [-0.2, 0) is 4.74 Å². The molecule has 1 heterocycles. The molecule has 2 N–H and O–H groups in total. The fraction of sp³-hybridized carbons (Fsp3) is 0.167. The predicted molar refractivity (Wildman–Crippen MR) is 66.4 cm³/mol. The third-order valence-corrected chi connectivity index (χ3v) is 2.35. The van der Waals surface area contributed by atoms with Gasteiger partial charge in [-0.3, -0.25) is 0 Å². The Morgan fingerprint density at radius 2 is 2.37 bits per heavy atom. The van der Waals surface area contributed by atoms with Gasteiger partial charge in [-0.2, -0.15) is 5.26 Å². The molecule has 0 saturated heterocycles. The van der Waals surface area contributed by atoms with Gasteiger partial charge in [0, 0.05) is 5.69 Å². The van der Waals surface area contributed by atoms with Gasteiger partial charge in [-0.1, -0.05) is 0 Å². The van der Waals surface area contributed by atoms with E-state index in [9.17, 15) is 4.79 Å². The Bertz CT molecular complexity index is 656. The molecule has 1 aromatic heterocycles. The molecule has 1 aromatic carbocycles. The van der Waals surface area contributed by atoms with Crippen molar-refractivity contribution in [2.75, 3.05) is 12.3 Å². The van der Waals surface area contributed by atoms with Crippen molar-refractivity contribution in [3.63, 3.8) is 0 Å². The minimum atomic E-state index is -0.501. The Hall–Kier alpha value is -2.88. The SMILES string of the molecule is CCOC(=O)c1cc(N)ccc1-n1cnc(C#N)n1. The van der Waals surface area contributed by atoms with Crippen molar-refractivity contribution in [3.8, 4) is 11.8 Å². The molecule has 0 unspecified atom stereocenters. The molecular weight excluding hydrogens is 246 g/mol. The summed E-state index contributed by atoms with van der Waals surface area (Å²) >= 11 is 0. The van der Waals surface area contributed by atoms with Gasteiger partial charge in [0.2, 0.25) is 0 Å². The number of nitrogens with zero attached hydrogens (tertiary/aromatic N) is 4. The molecule has 0 fully saturated rings. The van der Waals surface area contributed by atoms with E-state index in [-0.39, 0.29) is 18.0 Å². The molecular formula is C12H11N5O2. The second-order valence-electron chi connectivity index (χ2n) is 3.62. The lowest BCUT2D eigenvalue weighted by molar-refractivity contribution is 0.0526. The van der Waals surface area contributed by atoms with Gasteiger partial charge in [0.05, 0.1) is 17.9 Å². The number of esters is 1. The van der Waals surface area contributed by atoms with Crippen LogP contribution in [-0.4, -0.2) is 27.3 Å². The first-order chi connectivity index (χ1) is 9.15. The molecule has 2 aromatic rings. The van der Waals surface area contributed by atoms with E-state index in [4.69, 9.17) is 15.7 Å². The van der Waals surface area contributed by atoms with Gasteiger partial charge in [0.25, 0.3) is 5.82 Å². The molecule has 2 rings (SSSR count). The molecule has 0 aliphatic carbocycles. The highest BCUT2D eigenvalue weighted by molar-refractivity contribution is 5.94. The van der Waals surface area contributed by atoms with Crippen LogP contribution in [0.1, 0.15) is 23.1 Å². The van der Waals surface area contributed by atoms with E-state index < -0.39 is 5.97 Å². The van der Waals surface area contributed by atoms with Gasteiger partial charge in [-0.25, -0.2) is 14.5 Å². The average Bonchev–Trinajstić information content (AvgIpc) is 2.87. The number of nitrogen functional groups attached to an aromatic ring is 1. The topological polar surface area (TPSA) is 107 Å². The van der Waals surface area contributed by atoms with E-state index in [0.29, 0.717) is 11.4 Å².